The maximum atomic E-state index is 12.7. The van der Waals surface area contributed by atoms with E-state index in [0.717, 1.165) is 24.2 Å². The Morgan fingerprint density at radius 1 is 1.31 bits per heavy atom. The number of rotatable bonds is 5. The van der Waals surface area contributed by atoms with E-state index < -0.39 is 0 Å². The van der Waals surface area contributed by atoms with Crippen LogP contribution in [-0.2, 0) is 13.0 Å². The number of carbonyl (C=O) groups excluding carboxylic acids is 1. The molecule has 1 aliphatic carbocycles. The molecule has 7 heteroatoms. The monoisotopic (exact) mass is 355 g/mol. The third-order valence-corrected chi connectivity index (χ3v) is 5.22. The molecule has 3 N–H and O–H groups in total. The Kier molecular flexibility index (Phi) is 5.15. The molecule has 26 heavy (non-hydrogen) atoms. The molecule has 3 heterocycles. The van der Waals surface area contributed by atoms with Crippen molar-refractivity contribution in [2.45, 2.75) is 45.1 Å². The molecule has 0 bridgehead atoms. The molecule has 1 aliphatic heterocycles. The number of aromatic nitrogens is 3. The van der Waals surface area contributed by atoms with Crippen molar-refractivity contribution in [2.24, 2.45) is 5.92 Å². The molecule has 0 radical (unpaired) electrons. The maximum absolute atomic E-state index is 12.7. The van der Waals surface area contributed by atoms with Crippen LogP contribution < -0.4 is 15.4 Å². The van der Waals surface area contributed by atoms with Crippen molar-refractivity contribution >= 4 is 11.7 Å². The quantitative estimate of drug-likeness (QED) is 0.767. The van der Waals surface area contributed by atoms with E-state index in [9.17, 15) is 4.79 Å². The van der Waals surface area contributed by atoms with Gasteiger partial charge < -0.3 is 15.4 Å². The maximum Gasteiger partial charge on any atom is 0.277 e. The number of pyridine rings is 1. The number of ether oxygens (including phenoxy) is 1. The Labute approximate surface area is 152 Å². The lowest BCUT2D eigenvalue weighted by Crippen LogP contribution is -2.25. The van der Waals surface area contributed by atoms with E-state index in [1.54, 1.807) is 6.20 Å². The van der Waals surface area contributed by atoms with Crippen molar-refractivity contribution in [1.29, 1.82) is 0 Å². The van der Waals surface area contributed by atoms with Gasteiger partial charge in [0.2, 0.25) is 0 Å². The van der Waals surface area contributed by atoms with Gasteiger partial charge in [-0.2, -0.15) is 5.10 Å². The van der Waals surface area contributed by atoms with E-state index in [0.29, 0.717) is 36.3 Å². The van der Waals surface area contributed by atoms with Crippen molar-refractivity contribution < 1.29 is 9.53 Å². The molecular weight excluding hydrogens is 330 g/mol. The number of carbonyl (C=O) groups is 1. The molecule has 0 aromatic carbocycles. The molecule has 0 spiro atoms. The molecule has 1 saturated carbocycles. The molecule has 2 aliphatic rings. The van der Waals surface area contributed by atoms with Crippen LogP contribution in [-0.4, -0.2) is 34.2 Å². The predicted molar refractivity (Wildman–Crippen MR) is 98.3 cm³/mol. The smallest absolute Gasteiger partial charge is 0.277 e. The summed E-state index contributed by atoms with van der Waals surface area (Å²) in [4.78, 5) is 17.0. The van der Waals surface area contributed by atoms with Crippen molar-refractivity contribution in [3.05, 3.63) is 35.3 Å². The molecule has 2 aromatic rings. The molecule has 0 atom stereocenters. The summed E-state index contributed by atoms with van der Waals surface area (Å²) >= 11 is 0. The highest BCUT2D eigenvalue weighted by molar-refractivity contribution is 6.04. The summed E-state index contributed by atoms with van der Waals surface area (Å²) in [5.41, 5.74) is 2.40. The fourth-order valence-corrected chi connectivity index (χ4v) is 3.74. The number of anilines is 1. The standard InChI is InChI=1S/C19H25N5O2/c25-19(17-14-11-20-10-8-15(14)23-24-17)22-18-16(7-4-9-21-18)26-12-13-5-2-1-3-6-13/h4,7,9,13,20H,1-3,5-6,8,10-12H2,(H,23,24)(H,21,22,25). The van der Waals surface area contributed by atoms with Gasteiger partial charge in [-0.1, -0.05) is 19.3 Å². The lowest BCUT2D eigenvalue weighted by molar-refractivity contribution is 0.102. The van der Waals surface area contributed by atoms with E-state index in [4.69, 9.17) is 4.74 Å². The van der Waals surface area contributed by atoms with Crippen LogP contribution in [0.2, 0.25) is 0 Å². The Hall–Kier alpha value is -2.41. The van der Waals surface area contributed by atoms with Crippen LogP contribution in [0, 0.1) is 5.92 Å². The van der Waals surface area contributed by atoms with Crippen molar-refractivity contribution in [2.75, 3.05) is 18.5 Å². The molecule has 4 rings (SSSR count). The first-order chi connectivity index (χ1) is 12.8. The zero-order valence-electron chi connectivity index (χ0n) is 14.9. The first-order valence-corrected chi connectivity index (χ1v) is 9.47. The van der Waals surface area contributed by atoms with Crippen LogP contribution in [0.3, 0.4) is 0 Å². The SMILES string of the molecule is O=C(Nc1ncccc1OCC1CCCCC1)c1n[nH]c2c1CNCC2. The van der Waals surface area contributed by atoms with Crippen LogP contribution in [0.25, 0.3) is 0 Å². The molecule has 138 valence electrons. The van der Waals surface area contributed by atoms with Gasteiger partial charge in [0.05, 0.1) is 6.61 Å². The summed E-state index contributed by atoms with van der Waals surface area (Å²) in [6.45, 7) is 2.23. The fourth-order valence-electron chi connectivity index (χ4n) is 3.74. The molecule has 7 nitrogen and oxygen atoms in total. The minimum absolute atomic E-state index is 0.257. The van der Waals surface area contributed by atoms with Gasteiger partial charge in [-0.15, -0.1) is 0 Å². The van der Waals surface area contributed by atoms with Crippen LogP contribution >= 0.6 is 0 Å². The highest BCUT2D eigenvalue weighted by Gasteiger charge is 2.23. The van der Waals surface area contributed by atoms with Crippen molar-refractivity contribution in [3.63, 3.8) is 0 Å². The number of amides is 1. The topological polar surface area (TPSA) is 91.9 Å². The highest BCUT2D eigenvalue weighted by atomic mass is 16.5. The van der Waals surface area contributed by atoms with Crippen LogP contribution in [0.1, 0.15) is 53.8 Å². The summed E-state index contributed by atoms with van der Waals surface area (Å²) in [5, 5.41) is 13.3. The minimum atomic E-state index is -0.257. The van der Waals surface area contributed by atoms with Crippen molar-refractivity contribution in [3.8, 4) is 5.75 Å². The number of H-pyrrole nitrogens is 1. The summed E-state index contributed by atoms with van der Waals surface area (Å²) in [6.07, 6.45) is 8.84. The molecule has 1 fully saturated rings. The van der Waals surface area contributed by atoms with Gasteiger partial charge in [0.25, 0.3) is 5.91 Å². The van der Waals surface area contributed by atoms with Gasteiger partial charge in [0, 0.05) is 37.0 Å². The molecule has 0 unspecified atom stereocenters. The van der Waals surface area contributed by atoms with Gasteiger partial charge in [0.1, 0.15) is 0 Å². The molecule has 2 aromatic heterocycles. The highest BCUT2D eigenvalue weighted by Crippen LogP contribution is 2.27. The molecule has 1 amide bonds. The summed E-state index contributed by atoms with van der Waals surface area (Å²) in [6, 6.07) is 3.68. The fraction of sp³-hybridized carbons (Fsp3) is 0.526. The third kappa shape index (κ3) is 3.72. The Morgan fingerprint density at radius 3 is 3.08 bits per heavy atom. The number of hydrogen-bond acceptors (Lipinski definition) is 5. The summed E-state index contributed by atoms with van der Waals surface area (Å²) < 4.78 is 5.99. The predicted octanol–water partition coefficient (Wildman–Crippen LogP) is 2.66. The van der Waals surface area contributed by atoms with Crippen LogP contribution in [0.15, 0.2) is 18.3 Å². The van der Waals surface area contributed by atoms with Crippen LogP contribution in [0.4, 0.5) is 5.82 Å². The number of nitrogens with one attached hydrogen (secondary N) is 3. The number of hydrogen-bond donors (Lipinski definition) is 3. The van der Waals surface area contributed by atoms with Gasteiger partial charge in [-0.25, -0.2) is 4.98 Å². The van der Waals surface area contributed by atoms with E-state index in [-0.39, 0.29) is 5.91 Å². The van der Waals surface area contributed by atoms with Crippen LogP contribution in [0.5, 0.6) is 5.75 Å². The average molecular weight is 355 g/mol. The van der Waals surface area contributed by atoms with Gasteiger partial charge in [-0.05, 0) is 30.9 Å². The number of aromatic amines is 1. The van der Waals surface area contributed by atoms with Crippen molar-refractivity contribution in [1.82, 2.24) is 20.5 Å². The Morgan fingerprint density at radius 2 is 2.19 bits per heavy atom. The second kappa shape index (κ2) is 7.86. The first-order valence-electron chi connectivity index (χ1n) is 9.47. The van der Waals surface area contributed by atoms with Gasteiger partial charge >= 0.3 is 0 Å². The number of nitrogens with zero attached hydrogens (tertiary/aromatic N) is 2. The lowest BCUT2D eigenvalue weighted by Gasteiger charge is -2.22. The summed E-state index contributed by atoms with van der Waals surface area (Å²) in [5.74, 6) is 1.41. The summed E-state index contributed by atoms with van der Waals surface area (Å²) in [7, 11) is 0. The van der Waals surface area contributed by atoms with E-state index in [1.165, 1.54) is 32.1 Å². The van der Waals surface area contributed by atoms with E-state index >= 15 is 0 Å². The average Bonchev–Trinajstić information content (AvgIpc) is 3.12. The minimum Gasteiger partial charge on any atom is -0.489 e. The van der Waals surface area contributed by atoms with E-state index in [1.807, 2.05) is 12.1 Å². The third-order valence-electron chi connectivity index (χ3n) is 5.22. The molecular formula is C19H25N5O2. The molecule has 0 saturated heterocycles. The lowest BCUT2D eigenvalue weighted by atomic mass is 9.90. The second-order valence-corrected chi connectivity index (χ2v) is 7.08. The van der Waals surface area contributed by atoms with Gasteiger partial charge in [-0.3, -0.25) is 9.89 Å². The zero-order chi connectivity index (χ0) is 17.8. The number of fused-ring (bicyclic) bond motifs is 1. The second-order valence-electron chi connectivity index (χ2n) is 7.08. The Bertz CT molecular complexity index is 767. The largest absolute Gasteiger partial charge is 0.489 e. The Balaban J connectivity index is 1.44. The van der Waals surface area contributed by atoms with E-state index in [2.05, 4.69) is 25.8 Å². The normalized spacial score (nSPS) is 17.5. The zero-order valence-corrected chi connectivity index (χ0v) is 14.9. The van der Waals surface area contributed by atoms with Gasteiger partial charge in [0.15, 0.2) is 17.3 Å². The first kappa shape index (κ1) is 17.0.